The molecule has 1 unspecified atom stereocenters. The van der Waals surface area contributed by atoms with E-state index in [0.29, 0.717) is 28.3 Å². The Morgan fingerprint density at radius 2 is 1.70 bits per heavy atom. The molecule has 0 aliphatic rings. The third kappa shape index (κ3) is 4.40. The Bertz CT molecular complexity index is 1120. The molecule has 1 atom stereocenters. The van der Waals surface area contributed by atoms with Crippen molar-refractivity contribution in [2.45, 2.75) is 32.9 Å². The maximum atomic E-state index is 12.9. The number of amides is 1. The molecule has 1 aromatic heterocycles. The summed E-state index contributed by atoms with van der Waals surface area (Å²) in [5.41, 5.74) is 0.312. The van der Waals surface area contributed by atoms with Crippen LogP contribution in [0.1, 0.15) is 26.8 Å². The lowest BCUT2D eigenvalue weighted by Crippen LogP contribution is -2.31. The van der Waals surface area contributed by atoms with E-state index in [2.05, 4.69) is 5.32 Å². The first kappa shape index (κ1) is 21.2. The van der Waals surface area contributed by atoms with Gasteiger partial charge in [0.2, 0.25) is 5.91 Å². The third-order valence-corrected chi connectivity index (χ3v) is 4.72. The highest BCUT2D eigenvalue weighted by molar-refractivity contribution is 5.94. The van der Waals surface area contributed by atoms with Crippen LogP contribution in [0.25, 0.3) is 10.8 Å². The Labute approximate surface area is 175 Å². The van der Waals surface area contributed by atoms with E-state index in [-0.39, 0.29) is 17.6 Å². The SMILES string of the molecule is COc1ccc(NC(=O)C(C)n2ccc3cc(OC(C)C)ccc3c2=O)cc1OC. The average molecular weight is 410 g/mol. The van der Waals surface area contributed by atoms with Gasteiger partial charge in [0.05, 0.1) is 20.3 Å². The lowest BCUT2D eigenvalue weighted by atomic mass is 10.1. The van der Waals surface area contributed by atoms with Gasteiger partial charge in [-0.2, -0.15) is 0 Å². The van der Waals surface area contributed by atoms with Crippen molar-refractivity contribution in [2.75, 3.05) is 19.5 Å². The van der Waals surface area contributed by atoms with Crippen LogP contribution in [-0.2, 0) is 4.79 Å². The normalized spacial score (nSPS) is 11.9. The van der Waals surface area contributed by atoms with Crippen molar-refractivity contribution in [3.05, 3.63) is 59.0 Å². The Morgan fingerprint density at radius 1 is 0.967 bits per heavy atom. The van der Waals surface area contributed by atoms with Crippen molar-refractivity contribution in [1.82, 2.24) is 4.57 Å². The number of carbonyl (C=O) groups is 1. The van der Waals surface area contributed by atoms with E-state index in [0.717, 1.165) is 5.39 Å². The molecule has 7 heteroatoms. The van der Waals surface area contributed by atoms with E-state index in [4.69, 9.17) is 14.2 Å². The molecule has 1 amide bonds. The first-order chi connectivity index (χ1) is 14.3. The predicted molar refractivity (Wildman–Crippen MR) is 117 cm³/mol. The number of pyridine rings is 1. The Balaban J connectivity index is 1.85. The molecule has 3 aromatic rings. The molecule has 3 rings (SSSR count). The molecule has 0 radical (unpaired) electrons. The number of ether oxygens (including phenoxy) is 3. The smallest absolute Gasteiger partial charge is 0.259 e. The van der Waals surface area contributed by atoms with Gasteiger partial charge in [0.15, 0.2) is 11.5 Å². The van der Waals surface area contributed by atoms with E-state index in [1.807, 2.05) is 26.0 Å². The zero-order chi connectivity index (χ0) is 21.8. The maximum Gasteiger partial charge on any atom is 0.259 e. The van der Waals surface area contributed by atoms with E-state index in [1.165, 1.54) is 11.7 Å². The number of hydrogen-bond acceptors (Lipinski definition) is 5. The molecule has 1 N–H and O–H groups in total. The highest BCUT2D eigenvalue weighted by Crippen LogP contribution is 2.30. The number of hydrogen-bond donors (Lipinski definition) is 1. The molecule has 158 valence electrons. The van der Waals surface area contributed by atoms with Crippen molar-refractivity contribution < 1.29 is 19.0 Å². The molecule has 0 fully saturated rings. The average Bonchev–Trinajstić information content (AvgIpc) is 2.73. The minimum absolute atomic E-state index is 0.0446. The van der Waals surface area contributed by atoms with E-state index < -0.39 is 6.04 Å². The Morgan fingerprint density at radius 3 is 2.37 bits per heavy atom. The van der Waals surface area contributed by atoms with E-state index in [9.17, 15) is 9.59 Å². The number of anilines is 1. The first-order valence-electron chi connectivity index (χ1n) is 9.68. The van der Waals surface area contributed by atoms with Crippen molar-refractivity contribution in [2.24, 2.45) is 0 Å². The number of nitrogens with one attached hydrogen (secondary N) is 1. The van der Waals surface area contributed by atoms with Gasteiger partial charge in [0.1, 0.15) is 11.8 Å². The summed E-state index contributed by atoms with van der Waals surface area (Å²) >= 11 is 0. The second-order valence-electron chi connectivity index (χ2n) is 7.18. The number of aromatic nitrogens is 1. The van der Waals surface area contributed by atoms with E-state index >= 15 is 0 Å². The molecule has 0 aliphatic heterocycles. The molecule has 30 heavy (non-hydrogen) atoms. The molecule has 0 aliphatic carbocycles. The molecular weight excluding hydrogens is 384 g/mol. The van der Waals surface area contributed by atoms with Gasteiger partial charge in [-0.3, -0.25) is 9.59 Å². The number of nitrogens with zero attached hydrogens (tertiary/aromatic N) is 1. The molecule has 0 bridgehead atoms. The molecular formula is C23H26N2O5. The lowest BCUT2D eigenvalue weighted by molar-refractivity contribution is -0.118. The van der Waals surface area contributed by atoms with Crippen LogP contribution in [0.5, 0.6) is 17.2 Å². The van der Waals surface area contributed by atoms with Gasteiger partial charge in [-0.15, -0.1) is 0 Å². The fourth-order valence-electron chi connectivity index (χ4n) is 3.18. The van der Waals surface area contributed by atoms with Crippen LogP contribution >= 0.6 is 0 Å². The summed E-state index contributed by atoms with van der Waals surface area (Å²) in [4.78, 5) is 25.7. The predicted octanol–water partition coefficient (Wildman–Crippen LogP) is 4.01. The van der Waals surface area contributed by atoms with Crippen molar-refractivity contribution in [1.29, 1.82) is 0 Å². The fourth-order valence-corrected chi connectivity index (χ4v) is 3.18. The van der Waals surface area contributed by atoms with Crippen LogP contribution in [0.15, 0.2) is 53.5 Å². The van der Waals surface area contributed by atoms with Gasteiger partial charge in [0, 0.05) is 23.3 Å². The summed E-state index contributed by atoms with van der Waals surface area (Å²) in [5.74, 6) is 1.46. The summed E-state index contributed by atoms with van der Waals surface area (Å²) in [6.45, 7) is 5.57. The van der Waals surface area contributed by atoms with Crippen molar-refractivity contribution >= 4 is 22.4 Å². The zero-order valence-corrected chi connectivity index (χ0v) is 17.8. The molecule has 0 saturated carbocycles. The summed E-state index contributed by atoms with van der Waals surface area (Å²) in [6, 6.07) is 11.5. The summed E-state index contributed by atoms with van der Waals surface area (Å²) in [6.07, 6.45) is 1.67. The number of rotatable bonds is 7. The number of fused-ring (bicyclic) bond motifs is 1. The summed E-state index contributed by atoms with van der Waals surface area (Å²) < 4.78 is 17.6. The number of benzene rings is 2. The molecule has 1 heterocycles. The van der Waals surface area contributed by atoms with Gasteiger partial charge in [-0.25, -0.2) is 0 Å². The van der Waals surface area contributed by atoms with Crippen LogP contribution < -0.4 is 25.1 Å². The van der Waals surface area contributed by atoms with Crippen molar-refractivity contribution in [3.63, 3.8) is 0 Å². The quantitative estimate of drug-likeness (QED) is 0.637. The number of methoxy groups -OCH3 is 2. The van der Waals surface area contributed by atoms with Crippen LogP contribution in [-0.4, -0.2) is 30.8 Å². The summed E-state index contributed by atoms with van der Waals surface area (Å²) in [7, 11) is 3.07. The third-order valence-electron chi connectivity index (χ3n) is 4.72. The Hall–Kier alpha value is -3.48. The maximum absolute atomic E-state index is 12.9. The van der Waals surface area contributed by atoms with Gasteiger partial charge in [-0.05, 0) is 62.6 Å². The van der Waals surface area contributed by atoms with Gasteiger partial charge < -0.3 is 24.1 Å². The Kier molecular flexibility index (Phi) is 6.30. The van der Waals surface area contributed by atoms with Crippen molar-refractivity contribution in [3.8, 4) is 17.2 Å². The second-order valence-corrected chi connectivity index (χ2v) is 7.18. The first-order valence-corrected chi connectivity index (χ1v) is 9.68. The van der Waals surface area contributed by atoms with Gasteiger partial charge >= 0.3 is 0 Å². The van der Waals surface area contributed by atoms with Gasteiger partial charge in [-0.1, -0.05) is 0 Å². The highest BCUT2D eigenvalue weighted by Gasteiger charge is 2.18. The molecule has 7 nitrogen and oxygen atoms in total. The van der Waals surface area contributed by atoms with Crippen LogP contribution in [0, 0.1) is 0 Å². The van der Waals surface area contributed by atoms with E-state index in [1.54, 1.807) is 50.6 Å². The number of carbonyl (C=O) groups excluding carboxylic acids is 1. The second kappa shape index (κ2) is 8.90. The van der Waals surface area contributed by atoms with Crippen LogP contribution in [0.2, 0.25) is 0 Å². The highest BCUT2D eigenvalue weighted by atomic mass is 16.5. The minimum Gasteiger partial charge on any atom is -0.493 e. The van der Waals surface area contributed by atoms with Gasteiger partial charge in [0.25, 0.3) is 5.56 Å². The molecule has 2 aromatic carbocycles. The fraction of sp³-hybridized carbons (Fsp3) is 0.304. The standard InChI is InChI=1S/C23H26N2O5/c1-14(2)30-18-7-8-19-16(12-18)10-11-25(23(19)27)15(3)22(26)24-17-6-9-20(28-4)21(13-17)29-5/h6-15H,1-5H3,(H,24,26). The summed E-state index contributed by atoms with van der Waals surface area (Å²) in [5, 5.41) is 4.11. The van der Waals surface area contributed by atoms with Crippen LogP contribution in [0.3, 0.4) is 0 Å². The zero-order valence-electron chi connectivity index (χ0n) is 17.8. The molecule has 0 saturated heterocycles. The minimum atomic E-state index is -0.707. The monoisotopic (exact) mass is 410 g/mol. The largest absolute Gasteiger partial charge is 0.493 e. The topological polar surface area (TPSA) is 78.8 Å². The lowest BCUT2D eigenvalue weighted by Gasteiger charge is -2.17. The van der Waals surface area contributed by atoms with Crippen LogP contribution in [0.4, 0.5) is 5.69 Å². The molecule has 0 spiro atoms.